The molecule has 0 fully saturated rings. The van der Waals surface area contributed by atoms with Gasteiger partial charge in [-0.05, 0) is 23.8 Å². The largest absolute Gasteiger partial charge is 0.323 e. The van der Waals surface area contributed by atoms with Gasteiger partial charge in [-0.2, -0.15) is 11.8 Å². The van der Waals surface area contributed by atoms with E-state index < -0.39 is 0 Å². The van der Waals surface area contributed by atoms with Crippen molar-refractivity contribution in [3.63, 3.8) is 0 Å². The standard InChI is InChI=1S/C12H18N2S/c1-8(2)12(15-3)7-10-9(11(12)13)5-4-6-14-10/h4-6,8,11H,7,13H2,1-3H3/t11-,12?/m1/s1. The fourth-order valence-corrected chi connectivity index (χ4v) is 3.65. The Hall–Kier alpha value is -0.540. The lowest BCUT2D eigenvalue weighted by molar-refractivity contribution is 0.393. The van der Waals surface area contributed by atoms with Crippen LogP contribution in [0.1, 0.15) is 31.1 Å². The third-order valence-electron chi connectivity index (χ3n) is 3.59. The molecular formula is C12H18N2S. The Kier molecular flexibility index (Phi) is 2.77. The van der Waals surface area contributed by atoms with Gasteiger partial charge < -0.3 is 5.73 Å². The quantitative estimate of drug-likeness (QED) is 0.835. The van der Waals surface area contributed by atoms with Crippen molar-refractivity contribution in [1.29, 1.82) is 0 Å². The normalized spacial score (nSPS) is 29.5. The molecule has 1 aliphatic carbocycles. The minimum Gasteiger partial charge on any atom is -0.323 e. The summed E-state index contributed by atoms with van der Waals surface area (Å²) < 4.78 is 0.136. The second-order valence-electron chi connectivity index (χ2n) is 4.51. The van der Waals surface area contributed by atoms with Gasteiger partial charge in [-0.1, -0.05) is 19.9 Å². The number of rotatable bonds is 2. The summed E-state index contributed by atoms with van der Waals surface area (Å²) in [5.41, 5.74) is 8.80. The van der Waals surface area contributed by atoms with Crippen LogP contribution in [0.5, 0.6) is 0 Å². The molecule has 0 aromatic carbocycles. The number of thioether (sulfide) groups is 1. The Balaban J connectivity index is 2.44. The smallest absolute Gasteiger partial charge is 0.0468 e. The summed E-state index contributed by atoms with van der Waals surface area (Å²) in [4.78, 5) is 4.44. The van der Waals surface area contributed by atoms with Crippen molar-refractivity contribution in [2.45, 2.75) is 31.1 Å². The Labute approximate surface area is 95.7 Å². The molecule has 0 saturated carbocycles. The molecule has 0 saturated heterocycles. The van der Waals surface area contributed by atoms with Crippen LogP contribution < -0.4 is 5.73 Å². The number of nitrogens with zero attached hydrogens (tertiary/aromatic N) is 1. The first-order valence-electron chi connectivity index (χ1n) is 5.36. The van der Waals surface area contributed by atoms with Crippen molar-refractivity contribution in [2.24, 2.45) is 11.7 Å². The molecule has 15 heavy (non-hydrogen) atoms. The van der Waals surface area contributed by atoms with Gasteiger partial charge in [0, 0.05) is 29.1 Å². The second kappa shape index (κ2) is 3.80. The van der Waals surface area contributed by atoms with Crippen molar-refractivity contribution in [1.82, 2.24) is 4.98 Å². The SMILES string of the molecule is CSC1(C(C)C)Cc2ncccc2[C@H]1N. The van der Waals surface area contributed by atoms with Crippen LogP contribution in [0.25, 0.3) is 0 Å². The third-order valence-corrected chi connectivity index (χ3v) is 5.22. The molecule has 2 N–H and O–H groups in total. The average molecular weight is 222 g/mol. The molecule has 0 spiro atoms. The maximum atomic E-state index is 6.38. The van der Waals surface area contributed by atoms with Gasteiger partial charge in [-0.15, -0.1) is 0 Å². The monoisotopic (exact) mass is 222 g/mol. The maximum Gasteiger partial charge on any atom is 0.0468 e. The van der Waals surface area contributed by atoms with E-state index in [1.54, 1.807) is 0 Å². The number of nitrogens with two attached hydrogens (primary N) is 1. The lowest BCUT2D eigenvalue weighted by Gasteiger charge is -2.35. The van der Waals surface area contributed by atoms with E-state index in [4.69, 9.17) is 5.73 Å². The fraction of sp³-hybridized carbons (Fsp3) is 0.583. The lowest BCUT2D eigenvalue weighted by Crippen LogP contribution is -2.40. The van der Waals surface area contributed by atoms with Gasteiger partial charge in [-0.25, -0.2) is 0 Å². The van der Waals surface area contributed by atoms with Crippen molar-refractivity contribution in [2.75, 3.05) is 6.26 Å². The molecule has 1 unspecified atom stereocenters. The van der Waals surface area contributed by atoms with Crippen LogP contribution in [0.2, 0.25) is 0 Å². The predicted molar refractivity (Wildman–Crippen MR) is 66.0 cm³/mol. The maximum absolute atomic E-state index is 6.38. The first-order chi connectivity index (χ1) is 7.12. The van der Waals surface area contributed by atoms with Gasteiger partial charge in [-0.3, -0.25) is 4.98 Å². The summed E-state index contributed by atoms with van der Waals surface area (Å²) in [6.45, 7) is 4.50. The molecule has 2 atom stereocenters. The van der Waals surface area contributed by atoms with Gasteiger partial charge in [0.2, 0.25) is 0 Å². The molecule has 0 bridgehead atoms. The Morgan fingerprint density at radius 1 is 1.60 bits per heavy atom. The van der Waals surface area contributed by atoms with Crippen LogP contribution in [-0.2, 0) is 6.42 Å². The molecule has 1 aliphatic rings. The fourth-order valence-electron chi connectivity index (χ4n) is 2.51. The van der Waals surface area contributed by atoms with E-state index in [0.29, 0.717) is 5.92 Å². The number of fused-ring (bicyclic) bond motifs is 1. The minimum atomic E-state index is 0.121. The zero-order chi connectivity index (χ0) is 11.1. The third kappa shape index (κ3) is 1.49. The summed E-state index contributed by atoms with van der Waals surface area (Å²) in [7, 11) is 0. The zero-order valence-corrected chi connectivity index (χ0v) is 10.3. The first-order valence-corrected chi connectivity index (χ1v) is 6.59. The van der Waals surface area contributed by atoms with Crippen molar-refractivity contribution in [3.05, 3.63) is 29.6 Å². The van der Waals surface area contributed by atoms with E-state index in [1.165, 1.54) is 11.3 Å². The number of pyridine rings is 1. The summed E-state index contributed by atoms with van der Waals surface area (Å²) in [5, 5.41) is 0. The molecule has 2 rings (SSSR count). The zero-order valence-electron chi connectivity index (χ0n) is 9.53. The lowest BCUT2D eigenvalue weighted by atomic mass is 9.88. The van der Waals surface area contributed by atoms with E-state index >= 15 is 0 Å². The van der Waals surface area contributed by atoms with Gasteiger partial charge in [0.05, 0.1) is 0 Å². The summed E-state index contributed by atoms with van der Waals surface area (Å²) in [6, 6.07) is 4.22. The average Bonchev–Trinajstić information content (AvgIpc) is 2.53. The molecular weight excluding hydrogens is 204 g/mol. The highest BCUT2D eigenvalue weighted by molar-refractivity contribution is 8.00. The van der Waals surface area contributed by atoms with Crippen LogP contribution in [0.15, 0.2) is 18.3 Å². The summed E-state index contributed by atoms with van der Waals surface area (Å²) in [6.07, 6.45) is 5.02. The van der Waals surface area contributed by atoms with E-state index in [-0.39, 0.29) is 10.8 Å². The van der Waals surface area contributed by atoms with E-state index in [9.17, 15) is 0 Å². The number of hydrogen-bond acceptors (Lipinski definition) is 3. The molecule has 1 heterocycles. The van der Waals surface area contributed by atoms with Crippen molar-refractivity contribution >= 4 is 11.8 Å². The van der Waals surface area contributed by atoms with Crippen LogP contribution >= 0.6 is 11.8 Å². The predicted octanol–water partition coefficient (Wildman–Crippen LogP) is 2.40. The summed E-state index contributed by atoms with van der Waals surface area (Å²) >= 11 is 1.89. The minimum absolute atomic E-state index is 0.121. The van der Waals surface area contributed by atoms with Gasteiger partial charge in [0.1, 0.15) is 0 Å². The highest BCUT2D eigenvalue weighted by Gasteiger charge is 2.46. The van der Waals surface area contributed by atoms with E-state index in [1.807, 2.05) is 24.0 Å². The van der Waals surface area contributed by atoms with Crippen molar-refractivity contribution in [3.8, 4) is 0 Å². The van der Waals surface area contributed by atoms with E-state index in [2.05, 4.69) is 31.2 Å². The van der Waals surface area contributed by atoms with Crippen molar-refractivity contribution < 1.29 is 0 Å². The Bertz CT molecular complexity index is 364. The summed E-state index contributed by atoms with van der Waals surface area (Å²) in [5.74, 6) is 0.566. The highest BCUT2D eigenvalue weighted by atomic mass is 32.2. The van der Waals surface area contributed by atoms with Gasteiger partial charge in [0.15, 0.2) is 0 Å². The molecule has 0 radical (unpaired) electrons. The van der Waals surface area contributed by atoms with Crippen LogP contribution in [0.4, 0.5) is 0 Å². The number of hydrogen-bond donors (Lipinski definition) is 1. The molecule has 1 aromatic rings. The topological polar surface area (TPSA) is 38.9 Å². The molecule has 1 aromatic heterocycles. The Morgan fingerprint density at radius 2 is 2.33 bits per heavy atom. The first kappa shape index (κ1) is 11.0. The van der Waals surface area contributed by atoms with Crippen LogP contribution in [0, 0.1) is 5.92 Å². The molecule has 3 heteroatoms. The number of aromatic nitrogens is 1. The molecule has 82 valence electrons. The highest BCUT2D eigenvalue weighted by Crippen LogP contribution is 2.49. The van der Waals surface area contributed by atoms with Crippen LogP contribution in [0.3, 0.4) is 0 Å². The molecule has 0 aliphatic heterocycles. The van der Waals surface area contributed by atoms with Gasteiger partial charge >= 0.3 is 0 Å². The second-order valence-corrected chi connectivity index (χ2v) is 5.68. The Morgan fingerprint density at radius 3 is 2.87 bits per heavy atom. The molecule has 0 amide bonds. The van der Waals surface area contributed by atoms with Crippen LogP contribution in [-0.4, -0.2) is 16.0 Å². The molecule has 2 nitrogen and oxygen atoms in total. The van der Waals surface area contributed by atoms with Gasteiger partial charge in [0.25, 0.3) is 0 Å². The van der Waals surface area contributed by atoms with E-state index in [0.717, 1.165) is 6.42 Å².